The Balaban J connectivity index is 1.20. The van der Waals surface area contributed by atoms with Gasteiger partial charge in [-0.25, -0.2) is 4.85 Å². The van der Waals surface area contributed by atoms with Gasteiger partial charge in [-0.1, -0.05) is 109 Å². The molecule has 0 atom stereocenters. The molecule has 264 valence electrons. The molecule has 9 aromatic rings. The van der Waals surface area contributed by atoms with Crippen molar-refractivity contribution >= 4 is 16.5 Å². The molecule has 0 saturated carbocycles. The fraction of sp³-hybridized carbons (Fsp3) is 0.0196. The van der Waals surface area contributed by atoms with Crippen molar-refractivity contribution in [2.24, 2.45) is 0 Å². The highest BCUT2D eigenvalue weighted by Gasteiger charge is 2.47. The van der Waals surface area contributed by atoms with Crippen LogP contribution in [0.2, 0.25) is 0 Å². The maximum absolute atomic E-state index is 9.44. The zero-order valence-corrected chi connectivity index (χ0v) is 30.5. The third kappa shape index (κ3) is 5.48. The molecule has 4 heterocycles. The van der Waals surface area contributed by atoms with E-state index in [1.54, 1.807) is 36.7 Å². The number of pyridine rings is 4. The summed E-state index contributed by atoms with van der Waals surface area (Å²) in [5.41, 5.74) is 14.4. The maximum Gasteiger partial charge on any atom is 0.190 e. The zero-order chi connectivity index (χ0) is 38.3. The van der Waals surface area contributed by atoms with Crippen molar-refractivity contribution in [3.8, 4) is 62.2 Å². The summed E-state index contributed by atoms with van der Waals surface area (Å²) in [5.74, 6) is 0. The minimum Gasteiger partial charge on any atom is -0.257 e. The minimum absolute atomic E-state index is 0.532. The van der Waals surface area contributed by atoms with Crippen LogP contribution in [0.5, 0.6) is 0 Å². The highest BCUT2D eigenvalue weighted by atomic mass is 14.8. The van der Waals surface area contributed by atoms with Crippen molar-refractivity contribution < 1.29 is 0 Å². The van der Waals surface area contributed by atoms with Crippen LogP contribution in [0.15, 0.2) is 183 Å². The highest BCUT2D eigenvalue weighted by molar-refractivity contribution is 6.10. The summed E-state index contributed by atoms with van der Waals surface area (Å²) in [5, 5.41) is 11.7. The predicted molar refractivity (Wildman–Crippen MR) is 225 cm³/mol. The third-order valence-electron chi connectivity index (χ3n) is 11.0. The Labute approximate surface area is 329 Å². The van der Waals surface area contributed by atoms with Crippen molar-refractivity contribution in [2.75, 3.05) is 0 Å². The molecule has 57 heavy (non-hydrogen) atoms. The number of benzene rings is 5. The summed E-state index contributed by atoms with van der Waals surface area (Å²) in [6.07, 6.45) is 7.11. The molecule has 6 nitrogen and oxygen atoms in total. The lowest BCUT2D eigenvalue weighted by molar-refractivity contribution is 0.769. The van der Waals surface area contributed by atoms with Crippen LogP contribution in [0, 0.1) is 17.9 Å². The van der Waals surface area contributed by atoms with E-state index in [-0.39, 0.29) is 0 Å². The fourth-order valence-corrected chi connectivity index (χ4v) is 8.45. The number of nitrogens with zero attached hydrogens (tertiary/aromatic N) is 6. The maximum atomic E-state index is 9.44. The molecule has 0 bridgehead atoms. The number of aromatic nitrogens is 4. The van der Waals surface area contributed by atoms with Gasteiger partial charge in [0.15, 0.2) is 5.69 Å². The fourth-order valence-electron chi connectivity index (χ4n) is 8.45. The summed E-state index contributed by atoms with van der Waals surface area (Å²) in [6, 6.07) is 56.8. The summed E-state index contributed by atoms with van der Waals surface area (Å²) < 4.78 is 0. The molecule has 0 saturated heterocycles. The van der Waals surface area contributed by atoms with Gasteiger partial charge in [0.25, 0.3) is 0 Å². The number of hydrogen-bond acceptors (Lipinski definition) is 5. The van der Waals surface area contributed by atoms with E-state index < -0.39 is 5.41 Å². The highest BCUT2D eigenvalue weighted by Crippen LogP contribution is 2.59. The van der Waals surface area contributed by atoms with Gasteiger partial charge in [0, 0.05) is 35.9 Å². The van der Waals surface area contributed by atoms with Crippen LogP contribution >= 0.6 is 0 Å². The number of hydrogen-bond donors (Lipinski definition) is 0. The molecule has 0 spiro atoms. The lowest BCUT2D eigenvalue weighted by Crippen LogP contribution is -2.28. The Bertz CT molecular complexity index is 3030. The third-order valence-corrected chi connectivity index (χ3v) is 11.0. The normalized spacial score (nSPS) is 12.3. The predicted octanol–water partition coefficient (Wildman–Crippen LogP) is 11.9. The molecule has 0 amide bonds. The first-order valence-electron chi connectivity index (χ1n) is 18.6. The summed E-state index contributed by atoms with van der Waals surface area (Å²) in [6.45, 7) is 7.46. The standard InChI is InChI=1S/C51H30N6/c1-53-39-23-25-55-49(28-39)47-21-18-36(32-57-47)43-29-45-50(41-15-9-8-14-40(41)43)42-19-16-34(35-17-20-46(56-31-35)48-26-33(30-52)22-24-54-48)27-44(42)51(45,37-10-4-2-5-11-37)38-12-6-3-7-13-38/h2-29,31-32H. The van der Waals surface area contributed by atoms with E-state index in [0.717, 1.165) is 27.6 Å². The number of fused-ring (bicyclic) bond motifs is 5. The van der Waals surface area contributed by atoms with Crippen molar-refractivity contribution in [1.82, 2.24) is 19.9 Å². The smallest absolute Gasteiger partial charge is 0.190 e. The molecular formula is C51H30N6. The van der Waals surface area contributed by atoms with Gasteiger partial charge in [0.05, 0.1) is 46.4 Å². The Morgan fingerprint density at radius 1 is 0.491 bits per heavy atom. The molecule has 0 aliphatic heterocycles. The first-order chi connectivity index (χ1) is 28.1. The van der Waals surface area contributed by atoms with Gasteiger partial charge in [0.1, 0.15) is 0 Å². The second kappa shape index (κ2) is 13.7. The largest absolute Gasteiger partial charge is 0.257 e. The second-order valence-corrected chi connectivity index (χ2v) is 14.1. The first kappa shape index (κ1) is 33.5. The minimum atomic E-state index is -0.658. The van der Waals surface area contributed by atoms with E-state index in [9.17, 15) is 5.26 Å². The molecule has 0 fully saturated rings. The van der Waals surface area contributed by atoms with Crippen LogP contribution in [-0.4, -0.2) is 19.9 Å². The molecule has 1 aliphatic rings. The monoisotopic (exact) mass is 726 g/mol. The average Bonchev–Trinajstić information content (AvgIpc) is 3.60. The molecule has 1 aliphatic carbocycles. The molecule has 4 aromatic heterocycles. The molecule has 6 heteroatoms. The van der Waals surface area contributed by atoms with Gasteiger partial charge in [-0.05, 0) is 104 Å². The van der Waals surface area contributed by atoms with E-state index in [0.29, 0.717) is 34.0 Å². The molecule has 10 rings (SSSR count). The van der Waals surface area contributed by atoms with Crippen LogP contribution in [0.25, 0.3) is 71.8 Å². The second-order valence-electron chi connectivity index (χ2n) is 14.1. The van der Waals surface area contributed by atoms with Crippen LogP contribution in [0.4, 0.5) is 5.69 Å². The van der Waals surface area contributed by atoms with E-state index >= 15 is 0 Å². The number of nitriles is 1. The SMILES string of the molecule is [C-]#[N+]c1ccnc(-c2ccc(-c3cc4c(c5ccccc35)-c3ccc(-c5ccc(-c6cc(C#N)ccn6)nc5)cc3C4(c3ccccc3)c3ccccc3)cn2)c1. The van der Waals surface area contributed by atoms with Gasteiger partial charge in [0.2, 0.25) is 0 Å². The topological polar surface area (TPSA) is 79.7 Å². The van der Waals surface area contributed by atoms with E-state index in [1.807, 2.05) is 24.5 Å². The van der Waals surface area contributed by atoms with Gasteiger partial charge in [-0.2, -0.15) is 5.26 Å². The van der Waals surface area contributed by atoms with Crippen LogP contribution in [0.3, 0.4) is 0 Å². The van der Waals surface area contributed by atoms with Crippen molar-refractivity contribution in [3.05, 3.63) is 222 Å². The van der Waals surface area contributed by atoms with Crippen molar-refractivity contribution in [3.63, 3.8) is 0 Å². The van der Waals surface area contributed by atoms with Crippen LogP contribution in [-0.2, 0) is 5.41 Å². The average molecular weight is 727 g/mol. The molecular weight excluding hydrogens is 697 g/mol. The van der Waals surface area contributed by atoms with Gasteiger partial charge in [-0.3, -0.25) is 19.9 Å². The van der Waals surface area contributed by atoms with E-state index in [1.165, 1.54) is 38.8 Å². The molecule has 0 unspecified atom stereocenters. The molecule has 0 N–H and O–H groups in total. The van der Waals surface area contributed by atoms with Gasteiger partial charge in [-0.15, -0.1) is 0 Å². The van der Waals surface area contributed by atoms with E-state index in [2.05, 4.69) is 142 Å². The zero-order valence-electron chi connectivity index (χ0n) is 30.5. The molecule has 5 aromatic carbocycles. The Morgan fingerprint density at radius 2 is 1.11 bits per heavy atom. The Hall–Kier alpha value is -8.06. The quantitative estimate of drug-likeness (QED) is 0.159. The van der Waals surface area contributed by atoms with Crippen molar-refractivity contribution in [2.45, 2.75) is 5.41 Å². The van der Waals surface area contributed by atoms with E-state index in [4.69, 9.17) is 16.5 Å². The Kier molecular flexibility index (Phi) is 8.03. The number of rotatable bonds is 6. The lowest BCUT2D eigenvalue weighted by atomic mass is 9.67. The Morgan fingerprint density at radius 3 is 1.75 bits per heavy atom. The van der Waals surface area contributed by atoms with Gasteiger partial charge < -0.3 is 0 Å². The summed E-state index contributed by atoms with van der Waals surface area (Å²) in [4.78, 5) is 22.2. The first-order valence-corrected chi connectivity index (χ1v) is 18.6. The van der Waals surface area contributed by atoms with Crippen molar-refractivity contribution in [1.29, 1.82) is 5.26 Å². The molecule has 0 radical (unpaired) electrons. The summed E-state index contributed by atoms with van der Waals surface area (Å²) >= 11 is 0. The van der Waals surface area contributed by atoms with Crippen LogP contribution in [0.1, 0.15) is 27.8 Å². The summed E-state index contributed by atoms with van der Waals surface area (Å²) in [7, 11) is 0. The van der Waals surface area contributed by atoms with Gasteiger partial charge >= 0.3 is 0 Å². The van der Waals surface area contributed by atoms with Crippen LogP contribution < -0.4 is 0 Å². The lowest BCUT2D eigenvalue weighted by Gasteiger charge is -2.34.